The maximum Gasteiger partial charge on any atom is 0.255 e. The van der Waals surface area contributed by atoms with Crippen molar-refractivity contribution in [3.8, 4) is 0 Å². The summed E-state index contributed by atoms with van der Waals surface area (Å²) in [7, 11) is 3.98. The van der Waals surface area contributed by atoms with E-state index in [0.29, 0.717) is 21.4 Å². The van der Waals surface area contributed by atoms with Gasteiger partial charge in [0.15, 0.2) is 5.11 Å². The van der Waals surface area contributed by atoms with Crippen LogP contribution in [-0.2, 0) is 4.79 Å². The van der Waals surface area contributed by atoms with Gasteiger partial charge in [-0.25, -0.2) is 0 Å². The van der Waals surface area contributed by atoms with Crippen molar-refractivity contribution in [2.45, 2.75) is 19.9 Å². The van der Waals surface area contributed by atoms with Gasteiger partial charge in [0.1, 0.15) is 0 Å². The molecule has 1 heterocycles. The highest BCUT2D eigenvalue weighted by Crippen LogP contribution is 2.30. The lowest BCUT2D eigenvalue weighted by Gasteiger charge is -2.30. The zero-order valence-electron chi connectivity index (χ0n) is 16.3. The van der Waals surface area contributed by atoms with E-state index in [1.165, 1.54) is 0 Å². The average molecular weight is 415 g/mol. The van der Waals surface area contributed by atoms with Gasteiger partial charge in [-0.15, -0.1) is 0 Å². The SMILES string of the molecule is CC1=C(C(=O)Nc2cccc(Cl)c2C)C(c2ccc(N(C)C)cc2)NC(=S)N1. The molecule has 3 N–H and O–H groups in total. The van der Waals surface area contributed by atoms with Crippen LogP contribution in [0.25, 0.3) is 0 Å². The van der Waals surface area contributed by atoms with E-state index in [-0.39, 0.29) is 11.9 Å². The summed E-state index contributed by atoms with van der Waals surface area (Å²) < 4.78 is 0. The highest BCUT2D eigenvalue weighted by molar-refractivity contribution is 7.80. The number of nitrogens with zero attached hydrogens (tertiary/aromatic N) is 1. The third-order valence-corrected chi connectivity index (χ3v) is 5.40. The summed E-state index contributed by atoms with van der Waals surface area (Å²) in [6.45, 7) is 3.73. The molecule has 1 aliphatic rings. The summed E-state index contributed by atoms with van der Waals surface area (Å²) in [6.07, 6.45) is 0. The van der Waals surface area contributed by atoms with Crippen molar-refractivity contribution >= 4 is 46.2 Å². The normalized spacial score (nSPS) is 16.3. The number of benzene rings is 2. The van der Waals surface area contributed by atoms with E-state index in [4.69, 9.17) is 23.8 Å². The fourth-order valence-electron chi connectivity index (χ4n) is 3.14. The van der Waals surface area contributed by atoms with Gasteiger partial charge in [-0.3, -0.25) is 4.79 Å². The van der Waals surface area contributed by atoms with Crippen molar-refractivity contribution in [3.05, 3.63) is 69.9 Å². The summed E-state index contributed by atoms with van der Waals surface area (Å²) in [5.74, 6) is -0.202. The summed E-state index contributed by atoms with van der Waals surface area (Å²) >= 11 is 11.5. The smallest absolute Gasteiger partial charge is 0.255 e. The number of halogens is 1. The maximum absolute atomic E-state index is 13.2. The number of anilines is 2. The van der Waals surface area contributed by atoms with Crippen molar-refractivity contribution < 1.29 is 4.79 Å². The first-order valence-electron chi connectivity index (χ1n) is 8.90. The Morgan fingerprint density at radius 2 is 1.82 bits per heavy atom. The average Bonchev–Trinajstić information content (AvgIpc) is 2.64. The van der Waals surface area contributed by atoms with Crippen LogP contribution in [0.15, 0.2) is 53.7 Å². The molecule has 28 heavy (non-hydrogen) atoms. The van der Waals surface area contributed by atoms with E-state index in [2.05, 4.69) is 16.0 Å². The zero-order valence-corrected chi connectivity index (χ0v) is 17.8. The Morgan fingerprint density at radius 1 is 1.14 bits per heavy atom. The molecule has 1 atom stereocenters. The van der Waals surface area contributed by atoms with Crippen LogP contribution in [0.3, 0.4) is 0 Å². The molecule has 2 aromatic carbocycles. The molecule has 5 nitrogen and oxygen atoms in total. The van der Waals surface area contributed by atoms with Crippen molar-refractivity contribution in [1.82, 2.24) is 10.6 Å². The quantitative estimate of drug-likeness (QED) is 0.656. The minimum Gasteiger partial charge on any atom is -0.378 e. The van der Waals surface area contributed by atoms with Crippen molar-refractivity contribution in [2.24, 2.45) is 0 Å². The highest BCUT2D eigenvalue weighted by Gasteiger charge is 2.30. The van der Waals surface area contributed by atoms with Crippen LogP contribution in [-0.4, -0.2) is 25.1 Å². The lowest BCUT2D eigenvalue weighted by molar-refractivity contribution is -0.113. The molecule has 0 aromatic heterocycles. The number of amides is 1. The van der Waals surface area contributed by atoms with Crippen LogP contribution in [0.2, 0.25) is 5.02 Å². The number of nitrogens with one attached hydrogen (secondary N) is 3. The topological polar surface area (TPSA) is 56.4 Å². The maximum atomic E-state index is 13.2. The van der Waals surface area contributed by atoms with Gasteiger partial charge in [-0.2, -0.15) is 0 Å². The lowest BCUT2D eigenvalue weighted by Crippen LogP contribution is -2.45. The standard InChI is InChI=1S/C21H23ClN4OS/c1-12-16(22)6-5-7-17(12)24-20(27)18-13(2)23-21(28)25-19(18)14-8-10-15(11-9-14)26(3)4/h5-11,19H,1-4H3,(H,24,27)(H2,23,25,28). The molecule has 7 heteroatoms. The van der Waals surface area contributed by atoms with Gasteiger partial charge in [0, 0.05) is 36.2 Å². The molecule has 0 saturated carbocycles. The number of allylic oxidation sites excluding steroid dienone is 1. The van der Waals surface area contributed by atoms with Gasteiger partial charge in [0.2, 0.25) is 0 Å². The van der Waals surface area contributed by atoms with E-state index < -0.39 is 0 Å². The fourth-order valence-corrected chi connectivity index (χ4v) is 3.59. The molecular weight excluding hydrogens is 392 g/mol. The molecule has 146 valence electrons. The highest BCUT2D eigenvalue weighted by atomic mass is 35.5. The van der Waals surface area contributed by atoms with Gasteiger partial charge >= 0.3 is 0 Å². The first-order chi connectivity index (χ1) is 13.3. The van der Waals surface area contributed by atoms with Crippen LogP contribution >= 0.6 is 23.8 Å². The molecule has 3 rings (SSSR count). The molecule has 0 saturated heterocycles. The number of hydrogen-bond acceptors (Lipinski definition) is 3. The van der Waals surface area contributed by atoms with E-state index >= 15 is 0 Å². The molecule has 0 aliphatic carbocycles. The molecule has 2 aromatic rings. The van der Waals surface area contributed by atoms with E-state index in [9.17, 15) is 4.79 Å². The molecule has 1 aliphatic heterocycles. The van der Waals surface area contributed by atoms with E-state index in [0.717, 1.165) is 22.5 Å². The Morgan fingerprint density at radius 3 is 2.46 bits per heavy atom. The predicted molar refractivity (Wildman–Crippen MR) is 120 cm³/mol. The van der Waals surface area contributed by atoms with Crippen LogP contribution in [0.4, 0.5) is 11.4 Å². The second kappa shape index (κ2) is 8.20. The molecule has 0 bridgehead atoms. The van der Waals surface area contributed by atoms with Gasteiger partial charge in [-0.05, 0) is 61.5 Å². The second-order valence-electron chi connectivity index (χ2n) is 6.92. The number of carbonyl (C=O) groups is 1. The summed E-state index contributed by atoms with van der Waals surface area (Å²) in [6, 6.07) is 13.2. The molecule has 0 radical (unpaired) electrons. The number of rotatable bonds is 4. The largest absolute Gasteiger partial charge is 0.378 e. The van der Waals surface area contributed by atoms with Crippen molar-refractivity contribution in [1.29, 1.82) is 0 Å². The first-order valence-corrected chi connectivity index (χ1v) is 9.68. The molecular formula is C21H23ClN4OS. The number of hydrogen-bond donors (Lipinski definition) is 3. The Balaban J connectivity index is 1.95. The van der Waals surface area contributed by atoms with Gasteiger partial charge in [0.25, 0.3) is 5.91 Å². The minimum absolute atomic E-state index is 0.202. The molecule has 1 amide bonds. The Bertz CT molecular complexity index is 953. The summed E-state index contributed by atoms with van der Waals surface area (Å²) in [5.41, 5.74) is 4.87. The predicted octanol–water partition coefficient (Wildman–Crippen LogP) is 4.15. The molecule has 0 fully saturated rings. The van der Waals surface area contributed by atoms with E-state index in [1.807, 2.05) is 69.2 Å². The zero-order chi connectivity index (χ0) is 20.4. The fraction of sp³-hybridized carbons (Fsp3) is 0.238. The van der Waals surface area contributed by atoms with Crippen molar-refractivity contribution in [3.63, 3.8) is 0 Å². The lowest BCUT2D eigenvalue weighted by atomic mass is 9.94. The van der Waals surface area contributed by atoms with Gasteiger partial charge in [0.05, 0.1) is 11.6 Å². The molecule has 0 spiro atoms. The third-order valence-electron chi connectivity index (χ3n) is 4.77. The van der Waals surface area contributed by atoms with Gasteiger partial charge in [-0.1, -0.05) is 29.8 Å². The Labute approximate surface area is 175 Å². The summed E-state index contributed by atoms with van der Waals surface area (Å²) in [5, 5.41) is 10.4. The van der Waals surface area contributed by atoms with Crippen molar-refractivity contribution in [2.75, 3.05) is 24.3 Å². The first kappa shape index (κ1) is 20.2. The minimum atomic E-state index is -0.343. The van der Waals surface area contributed by atoms with Crippen LogP contribution in [0.5, 0.6) is 0 Å². The monoisotopic (exact) mass is 414 g/mol. The third kappa shape index (κ3) is 4.13. The van der Waals surface area contributed by atoms with Crippen LogP contribution < -0.4 is 20.9 Å². The van der Waals surface area contributed by atoms with Crippen LogP contribution in [0.1, 0.15) is 24.1 Å². The second-order valence-corrected chi connectivity index (χ2v) is 7.74. The van der Waals surface area contributed by atoms with E-state index in [1.54, 1.807) is 6.07 Å². The van der Waals surface area contributed by atoms with Crippen LogP contribution in [0, 0.1) is 6.92 Å². The Kier molecular flexibility index (Phi) is 5.91. The summed E-state index contributed by atoms with van der Waals surface area (Å²) in [4.78, 5) is 15.2. The Hall–Kier alpha value is -2.57. The van der Waals surface area contributed by atoms with Gasteiger partial charge < -0.3 is 20.9 Å². The molecule has 1 unspecified atom stereocenters. The number of thiocarbonyl (C=S) groups is 1. The number of carbonyl (C=O) groups excluding carboxylic acids is 1.